The molecule has 4 nitrogen and oxygen atoms in total. The van der Waals surface area contributed by atoms with Crippen molar-refractivity contribution in [2.75, 3.05) is 18.3 Å². The topological polar surface area (TPSA) is 57.6 Å². The normalized spacial score (nSPS) is 27.3. The average Bonchev–Trinajstić information content (AvgIpc) is 2.05. The maximum atomic E-state index is 11.2. The highest BCUT2D eigenvalue weighted by atomic mass is 35.5. The van der Waals surface area contributed by atoms with E-state index in [4.69, 9.17) is 11.6 Å². The van der Waals surface area contributed by atoms with Crippen molar-refractivity contribution in [3.05, 3.63) is 0 Å². The summed E-state index contributed by atoms with van der Waals surface area (Å²) in [5.41, 5.74) is 0. The van der Waals surface area contributed by atoms with Gasteiger partial charge in [0.15, 0.2) is 0 Å². The van der Waals surface area contributed by atoms with Crippen molar-refractivity contribution in [3.63, 3.8) is 0 Å². The van der Waals surface area contributed by atoms with E-state index in [0.717, 1.165) is 0 Å². The van der Waals surface area contributed by atoms with Gasteiger partial charge in [-0.2, -0.15) is 4.31 Å². The van der Waals surface area contributed by atoms with E-state index in [0.29, 0.717) is 19.4 Å². The molecule has 12 heavy (non-hydrogen) atoms. The Balaban J connectivity index is 2.63. The van der Waals surface area contributed by atoms with Crippen LogP contribution >= 0.6 is 11.6 Å². The molecule has 0 aromatic rings. The highest BCUT2D eigenvalue weighted by Gasteiger charge is 2.26. The maximum Gasteiger partial charge on any atom is 0.228 e. The molecule has 0 spiro atoms. The first-order chi connectivity index (χ1) is 5.56. The summed E-state index contributed by atoms with van der Waals surface area (Å²) in [6.45, 7) is 0.668. The lowest BCUT2D eigenvalue weighted by Gasteiger charge is -2.28. The number of aliphatic hydroxyl groups is 1. The van der Waals surface area contributed by atoms with E-state index in [1.807, 2.05) is 0 Å². The second-order valence-electron chi connectivity index (χ2n) is 2.88. The summed E-state index contributed by atoms with van der Waals surface area (Å²) < 4.78 is 23.6. The predicted octanol–water partition coefficient (Wildman–Crippen LogP) is -0.0308. The molecule has 0 aliphatic carbocycles. The molecule has 0 saturated carbocycles. The highest BCUT2D eigenvalue weighted by molar-refractivity contribution is 7.90. The van der Waals surface area contributed by atoms with Gasteiger partial charge in [0, 0.05) is 13.1 Å². The molecule has 72 valence electrons. The minimum absolute atomic E-state index is 0.190. The van der Waals surface area contributed by atoms with Crippen LogP contribution in [0.5, 0.6) is 0 Å². The van der Waals surface area contributed by atoms with E-state index in [1.165, 1.54) is 4.31 Å². The Hall–Kier alpha value is 0.160. The number of alkyl halides is 1. The summed E-state index contributed by atoms with van der Waals surface area (Å²) in [6.07, 6.45) is 0.850. The summed E-state index contributed by atoms with van der Waals surface area (Å²) in [5.74, 6) is 0. The lowest BCUT2D eigenvalue weighted by molar-refractivity contribution is 0.108. The molecule has 0 aromatic heterocycles. The lowest BCUT2D eigenvalue weighted by atomic mass is 10.1. The maximum absolute atomic E-state index is 11.2. The lowest BCUT2D eigenvalue weighted by Crippen LogP contribution is -2.42. The first-order valence-electron chi connectivity index (χ1n) is 3.78. The fourth-order valence-corrected chi connectivity index (χ4v) is 2.60. The third-order valence-corrected chi connectivity index (χ3v) is 4.11. The third-order valence-electron chi connectivity index (χ3n) is 1.89. The average molecular weight is 214 g/mol. The number of sulfonamides is 1. The Kier molecular flexibility index (Phi) is 3.34. The van der Waals surface area contributed by atoms with Gasteiger partial charge in [-0.15, -0.1) is 11.6 Å². The van der Waals surface area contributed by atoms with E-state index < -0.39 is 21.3 Å². The number of halogens is 1. The Morgan fingerprint density at radius 1 is 1.58 bits per heavy atom. The van der Waals surface area contributed by atoms with E-state index in [2.05, 4.69) is 0 Å². The molecule has 1 saturated heterocycles. The smallest absolute Gasteiger partial charge is 0.228 e. The fraction of sp³-hybridized carbons (Fsp3) is 1.00. The largest absolute Gasteiger partial charge is 0.392 e. The molecule has 6 heteroatoms. The molecule has 1 rings (SSSR count). The molecule has 0 aromatic carbocycles. The molecular formula is C6H12ClNO3S. The number of β-amino-alcohol motifs (C(OH)–C–C–N with tert-alkyl or cyclic N) is 1. The van der Waals surface area contributed by atoms with Gasteiger partial charge in [0.05, 0.1) is 6.10 Å². The molecule has 1 aliphatic rings. The van der Waals surface area contributed by atoms with Crippen molar-refractivity contribution in [2.45, 2.75) is 18.9 Å². The fourth-order valence-electron chi connectivity index (χ4n) is 1.24. The van der Waals surface area contributed by atoms with Crippen LogP contribution in [0.1, 0.15) is 12.8 Å². The molecule has 1 heterocycles. The minimum atomic E-state index is -3.32. The quantitative estimate of drug-likeness (QED) is 0.656. The van der Waals surface area contributed by atoms with Gasteiger partial charge < -0.3 is 5.11 Å². The number of aliphatic hydroxyl groups excluding tert-OH is 1. The van der Waals surface area contributed by atoms with E-state index in [1.54, 1.807) is 0 Å². The van der Waals surface area contributed by atoms with Crippen molar-refractivity contribution in [2.24, 2.45) is 0 Å². The van der Waals surface area contributed by atoms with Crippen LogP contribution < -0.4 is 0 Å². The monoisotopic (exact) mass is 213 g/mol. The molecule has 1 N–H and O–H groups in total. The van der Waals surface area contributed by atoms with Gasteiger partial charge in [-0.3, -0.25) is 0 Å². The summed E-state index contributed by atoms with van der Waals surface area (Å²) >= 11 is 5.26. The van der Waals surface area contributed by atoms with Crippen molar-refractivity contribution in [3.8, 4) is 0 Å². The van der Waals surface area contributed by atoms with Gasteiger partial charge >= 0.3 is 0 Å². The molecule has 0 amide bonds. The van der Waals surface area contributed by atoms with Crippen LogP contribution in [0.4, 0.5) is 0 Å². The van der Waals surface area contributed by atoms with Gasteiger partial charge in [0.25, 0.3) is 0 Å². The van der Waals surface area contributed by atoms with Crippen LogP contribution in [0.25, 0.3) is 0 Å². The van der Waals surface area contributed by atoms with Crippen molar-refractivity contribution < 1.29 is 13.5 Å². The van der Waals surface area contributed by atoms with Crippen LogP contribution in [0.15, 0.2) is 0 Å². The summed E-state index contributed by atoms with van der Waals surface area (Å²) in [7, 11) is -3.32. The zero-order valence-corrected chi connectivity index (χ0v) is 8.18. The number of hydrogen-bond acceptors (Lipinski definition) is 3. The van der Waals surface area contributed by atoms with Crippen LogP contribution in [0, 0.1) is 0 Å². The van der Waals surface area contributed by atoms with Gasteiger partial charge in [-0.1, -0.05) is 0 Å². The van der Waals surface area contributed by atoms with Crippen molar-refractivity contribution in [1.82, 2.24) is 4.31 Å². The second kappa shape index (κ2) is 3.91. The van der Waals surface area contributed by atoms with Crippen LogP contribution in [0.2, 0.25) is 0 Å². The molecule has 0 unspecified atom stereocenters. The number of piperidine rings is 1. The minimum Gasteiger partial charge on any atom is -0.392 e. The van der Waals surface area contributed by atoms with Gasteiger partial charge in [-0.05, 0) is 12.8 Å². The Bertz CT molecular complexity index is 241. The molecule has 1 fully saturated rings. The highest BCUT2D eigenvalue weighted by Crippen LogP contribution is 2.14. The van der Waals surface area contributed by atoms with Crippen LogP contribution in [-0.4, -0.2) is 42.2 Å². The number of nitrogens with zero attached hydrogens (tertiary/aromatic N) is 1. The zero-order valence-electron chi connectivity index (χ0n) is 6.61. The Morgan fingerprint density at radius 2 is 2.25 bits per heavy atom. The number of hydrogen-bond donors (Lipinski definition) is 1. The molecule has 1 aliphatic heterocycles. The SMILES string of the molecule is O=S(=O)(CCl)N1CCC[C@H](O)C1. The number of rotatable bonds is 2. The van der Waals surface area contributed by atoms with Gasteiger partial charge in [0.1, 0.15) is 5.21 Å². The van der Waals surface area contributed by atoms with Crippen molar-refractivity contribution in [1.29, 1.82) is 0 Å². The van der Waals surface area contributed by atoms with E-state index in [-0.39, 0.29) is 6.54 Å². The van der Waals surface area contributed by atoms with Crippen LogP contribution in [-0.2, 0) is 10.0 Å². The second-order valence-corrected chi connectivity index (χ2v) is 5.43. The molecule has 1 atom stereocenters. The van der Waals surface area contributed by atoms with E-state index in [9.17, 15) is 13.5 Å². The summed E-state index contributed by atoms with van der Waals surface area (Å²) in [4.78, 5) is 0. The summed E-state index contributed by atoms with van der Waals surface area (Å²) in [6, 6.07) is 0. The first-order valence-corrected chi connectivity index (χ1v) is 5.92. The Labute approximate surface area is 77.2 Å². The zero-order chi connectivity index (χ0) is 9.19. The first kappa shape index (κ1) is 10.2. The standard InChI is InChI=1S/C6H12ClNO3S/c7-5-12(10,11)8-3-1-2-6(9)4-8/h6,9H,1-5H2/t6-/m0/s1. The Morgan fingerprint density at radius 3 is 2.75 bits per heavy atom. The third kappa shape index (κ3) is 2.32. The van der Waals surface area contributed by atoms with Crippen molar-refractivity contribution >= 4 is 21.6 Å². The van der Waals surface area contributed by atoms with Gasteiger partial charge in [-0.25, -0.2) is 8.42 Å². The predicted molar refractivity (Wildman–Crippen MR) is 46.5 cm³/mol. The molecule has 0 radical (unpaired) electrons. The van der Waals surface area contributed by atoms with E-state index >= 15 is 0 Å². The van der Waals surface area contributed by atoms with Gasteiger partial charge in [0.2, 0.25) is 10.0 Å². The van der Waals surface area contributed by atoms with Crippen LogP contribution in [0.3, 0.4) is 0 Å². The molecular weight excluding hydrogens is 202 g/mol. The molecule has 0 bridgehead atoms. The summed E-state index contributed by atoms with van der Waals surface area (Å²) in [5, 5.41) is 8.79.